The lowest BCUT2D eigenvalue weighted by Gasteiger charge is -2.13. The van der Waals surface area contributed by atoms with Gasteiger partial charge < -0.3 is 9.67 Å². The number of hydrogen-bond donors (Lipinski definition) is 1. The largest absolute Gasteiger partial charge is 0.478 e. The number of allylic oxidation sites excluding steroid dienone is 1. The van der Waals surface area contributed by atoms with Gasteiger partial charge in [-0.2, -0.15) is 5.26 Å². The first-order valence-corrected chi connectivity index (χ1v) is 9.62. The molecule has 0 saturated carbocycles. The molecule has 0 spiro atoms. The van der Waals surface area contributed by atoms with Crippen LogP contribution in [-0.2, 0) is 0 Å². The van der Waals surface area contributed by atoms with E-state index in [4.69, 9.17) is 5.11 Å². The zero-order valence-corrected chi connectivity index (χ0v) is 16.8. The number of rotatable bonds is 4. The van der Waals surface area contributed by atoms with E-state index in [-0.39, 0.29) is 5.56 Å². The average Bonchev–Trinajstić information content (AvgIpc) is 3.04. The number of benzene rings is 3. The highest BCUT2D eigenvalue weighted by Crippen LogP contribution is 2.29. The number of carbonyl (C=O) groups is 1. The van der Waals surface area contributed by atoms with Crippen LogP contribution in [0.15, 0.2) is 72.8 Å². The third kappa shape index (κ3) is 3.38. The van der Waals surface area contributed by atoms with Crippen molar-refractivity contribution in [3.05, 3.63) is 101 Å². The van der Waals surface area contributed by atoms with E-state index in [1.807, 2.05) is 25.1 Å². The van der Waals surface area contributed by atoms with Gasteiger partial charge in [-0.3, -0.25) is 0 Å². The predicted molar refractivity (Wildman–Crippen MR) is 120 cm³/mol. The smallest absolute Gasteiger partial charge is 0.335 e. The monoisotopic (exact) mass is 392 g/mol. The lowest BCUT2D eigenvalue weighted by Crippen LogP contribution is -2.00. The van der Waals surface area contributed by atoms with Gasteiger partial charge in [0.15, 0.2) is 0 Å². The van der Waals surface area contributed by atoms with E-state index >= 15 is 0 Å². The standard InChI is InChI=1S/C26H20N2O2/c1-17-14-22(15-23(16-27)19-10-12-21(13-11-19)26(29)30)18(2)28(17)25-9-5-7-20-6-3-4-8-24(20)25/h3-15H,1-2H3,(H,29,30)/b23-15-. The van der Waals surface area contributed by atoms with E-state index in [9.17, 15) is 10.1 Å². The first-order chi connectivity index (χ1) is 14.5. The van der Waals surface area contributed by atoms with Crippen LogP contribution in [0.25, 0.3) is 28.1 Å². The van der Waals surface area contributed by atoms with E-state index in [0.717, 1.165) is 22.6 Å². The molecule has 0 unspecified atom stereocenters. The zero-order chi connectivity index (χ0) is 21.3. The first-order valence-electron chi connectivity index (χ1n) is 9.62. The fourth-order valence-corrected chi connectivity index (χ4v) is 3.84. The molecular weight excluding hydrogens is 372 g/mol. The molecule has 4 rings (SSSR count). The second-order valence-corrected chi connectivity index (χ2v) is 7.21. The van der Waals surface area contributed by atoms with Crippen molar-refractivity contribution in [2.75, 3.05) is 0 Å². The molecule has 0 aliphatic heterocycles. The van der Waals surface area contributed by atoms with Crippen molar-refractivity contribution in [1.82, 2.24) is 4.57 Å². The summed E-state index contributed by atoms with van der Waals surface area (Å²) in [6, 6.07) is 25.2. The Morgan fingerprint density at radius 3 is 2.33 bits per heavy atom. The topological polar surface area (TPSA) is 66.0 Å². The minimum absolute atomic E-state index is 0.199. The molecule has 0 fully saturated rings. The van der Waals surface area contributed by atoms with Crippen molar-refractivity contribution in [3.8, 4) is 11.8 Å². The van der Waals surface area contributed by atoms with E-state index < -0.39 is 5.97 Å². The molecule has 4 aromatic rings. The first kappa shape index (κ1) is 19.2. The second-order valence-electron chi connectivity index (χ2n) is 7.21. The van der Waals surface area contributed by atoms with Gasteiger partial charge >= 0.3 is 5.97 Å². The summed E-state index contributed by atoms with van der Waals surface area (Å²) in [5, 5.41) is 21.1. The molecule has 0 radical (unpaired) electrons. The lowest BCUT2D eigenvalue weighted by molar-refractivity contribution is 0.0697. The van der Waals surface area contributed by atoms with Gasteiger partial charge in [0.05, 0.1) is 22.9 Å². The molecule has 0 amide bonds. The molecule has 0 saturated heterocycles. The average molecular weight is 392 g/mol. The number of nitrogens with zero attached hydrogens (tertiary/aromatic N) is 2. The van der Waals surface area contributed by atoms with Crippen molar-refractivity contribution < 1.29 is 9.90 Å². The van der Waals surface area contributed by atoms with Crippen LogP contribution < -0.4 is 0 Å². The van der Waals surface area contributed by atoms with E-state index in [1.54, 1.807) is 12.1 Å². The Bertz CT molecular complexity index is 1330. The molecule has 1 heterocycles. The predicted octanol–water partition coefficient (Wildman–Crippen LogP) is 6.01. The maximum atomic E-state index is 11.1. The van der Waals surface area contributed by atoms with Gasteiger partial charge in [0.25, 0.3) is 0 Å². The third-order valence-electron chi connectivity index (χ3n) is 5.34. The molecule has 0 bridgehead atoms. The van der Waals surface area contributed by atoms with Crippen molar-refractivity contribution in [2.24, 2.45) is 0 Å². The quantitative estimate of drug-likeness (QED) is 0.433. The fourth-order valence-electron chi connectivity index (χ4n) is 3.84. The molecule has 1 aromatic heterocycles. The molecule has 146 valence electrons. The van der Waals surface area contributed by atoms with Crippen LogP contribution in [0, 0.1) is 25.2 Å². The highest BCUT2D eigenvalue weighted by Gasteiger charge is 2.13. The van der Waals surface area contributed by atoms with Crippen LogP contribution in [0.2, 0.25) is 0 Å². The minimum Gasteiger partial charge on any atom is -0.478 e. The number of carboxylic acids is 1. The molecule has 3 aromatic carbocycles. The number of aromatic nitrogens is 1. The van der Waals surface area contributed by atoms with Crippen LogP contribution >= 0.6 is 0 Å². The van der Waals surface area contributed by atoms with Crippen molar-refractivity contribution in [3.63, 3.8) is 0 Å². The van der Waals surface area contributed by atoms with E-state index in [2.05, 4.69) is 54.0 Å². The van der Waals surface area contributed by atoms with Crippen LogP contribution in [0.5, 0.6) is 0 Å². The summed E-state index contributed by atoms with van der Waals surface area (Å²) in [4.78, 5) is 11.1. The Labute approximate surface area is 174 Å². The lowest BCUT2D eigenvalue weighted by atomic mass is 10.0. The van der Waals surface area contributed by atoms with E-state index in [0.29, 0.717) is 11.1 Å². The maximum Gasteiger partial charge on any atom is 0.335 e. The number of fused-ring (bicyclic) bond motifs is 1. The Morgan fingerprint density at radius 1 is 0.967 bits per heavy atom. The summed E-state index contributed by atoms with van der Waals surface area (Å²) in [5.74, 6) is -0.984. The van der Waals surface area contributed by atoms with Gasteiger partial charge in [-0.05, 0) is 60.7 Å². The second kappa shape index (κ2) is 7.73. The molecule has 30 heavy (non-hydrogen) atoms. The highest BCUT2D eigenvalue weighted by molar-refractivity contribution is 5.93. The summed E-state index contributed by atoms with van der Waals surface area (Å²) < 4.78 is 2.21. The molecule has 4 nitrogen and oxygen atoms in total. The summed E-state index contributed by atoms with van der Waals surface area (Å²) in [7, 11) is 0. The SMILES string of the molecule is Cc1cc(/C=C(/C#N)c2ccc(C(=O)O)cc2)c(C)n1-c1cccc2ccccc12. The Balaban J connectivity index is 1.81. The summed E-state index contributed by atoms with van der Waals surface area (Å²) in [6.45, 7) is 4.10. The minimum atomic E-state index is -0.984. The molecule has 1 N–H and O–H groups in total. The number of aromatic carboxylic acids is 1. The van der Waals surface area contributed by atoms with E-state index in [1.165, 1.54) is 22.9 Å². The summed E-state index contributed by atoms with van der Waals surface area (Å²) in [5.41, 5.74) is 5.56. The van der Waals surface area contributed by atoms with Crippen LogP contribution in [0.1, 0.15) is 32.9 Å². The van der Waals surface area contributed by atoms with Crippen LogP contribution in [0.4, 0.5) is 0 Å². The summed E-state index contributed by atoms with van der Waals surface area (Å²) in [6.07, 6.45) is 1.86. The maximum absolute atomic E-state index is 11.1. The number of carboxylic acid groups (broad SMARTS) is 1. The van der Waals surface area contributed by atoms with Crippen LogP contribution in [0.3, 0.4) is 0 Å². The summed E-state index contributed by atoms with van der Waals surface area (Å²) >= 11 is 0. The van der Waals surface area contributed by atoms with Gasteiger partial charge in [-0.15, -0.1) is 0 Å². The molecule has 0 aliphatic carbocycles. The van der Waals surface area contributed by atoms with Crippen molar-refractivity contribution in [2.45, 2.75) is 13.8 Å². The van der Waals surface area contributed by atoms with Crippen molar-refractivity contribution >= 4 is 28.4 Å². The van der Waals surface area contributed by atoms with Gasteiger partial charge in [0.2, 0.25) is 0 Å². The number of aryl methyl sites for hydroxylation is 1. The molecular formula is C26H20N2O2. The third-order valence-corrected chi connectivity index (χ3v) is 5.34. The van der Waals surface area contributed by atoms with Crippen molar-refractivity contribution in [1.29, 1.82) is 5.26 Å². The Hall–Kier alpha value is -4.10. The highest BCUT2D eigenvalue weighted by atomic mass is 16.4. The van der Waals surface area contributed by atoms with Gasteiger partial charge in [-0.1, -0.05) is 48.5 Å². The fraction of sp³-hybridized carbons (Fsp3) is 0.0769. The molecule has 4 heteroatoms. The zero-order valence-electron chi connectivity index (χ0n) is 16.8. The Kier molecular flexibility index (Phi) is 4.95. The van der Waals surface area contributed by atoms with Gasteiger partial charge in [0, 0.05) is 16.8 Å². The van der Waals surface area contributed by atoms with Crippen LogP contribution in [-0.4, -0.2) is 15.6 Å². The Morgan fingerprint density at radius 2 is 1.63 bits per heavy atom. The van der Waals surface area contributed by atoms with Gasteiger partial charge in [-0.25, -0.2) is 4.79 Å². The van der Waals surface area contributed by atoms with Gasteiger partial charge in [0.1, 0.15) is 0 Å². The molecule has 0 aliphatic rings. The number of nitriles is 1. The number of hydrogen-bond acceptors (Lipinski definition) is 2. The normalized spacial score (nSPS) is 11.4. The molecule has 0 atom stereocenters.